The van der Waals surface area contributed by atoms with Gasteiger partial charge in [0.2, 0.25) is 5.91 Å². The van der Waals surface area contributed by atoms with Crippen molar-refractivity contribution in [1.29, 1.82) is 0 Å². The highest BCUT2D eigenvalue weighted by molar-refractivity contribution is 5.79. The van der Waals surface area contributed by atoms with Crippen LogP contribution in [-0.2, 0) is 4.79 Å². The van der Waals surface area contributed by atoms with Gasteiger partial charge in [0.25, 0.3) is 0 Å². The molecule has 0 radical (unpaired) electrons. The van der Waals surface area contributed by atoms with Gasteiger partial charge in [-0.3, -0.25) is 9.69 Å². The lowest BCUT2D eigenvalue weighted by molar-refractivity contribution is -0.142. The van der Waals surface area contributed by atoms with Crippen LogP contribution in [0.25, 0.3) is 0 Å². The number of nitrogens with zero attached hydrogens (tertiary/aromatic N) is 2. The highest BCUT2D eigenvalue weighted by Crippen LogP contribution is 2.32. The molecule has 0 aromatic heterocycles. The van der Waals surface area contributed by atoms with Gasteiger partial charge in [-0.25, -0.2) is 0 Å². The second kappa shape index (κ2) is 6.44. The molecule has 0 aromatic carbocycles. The third-order valence-electron chi connectivity index (χ3n) is 5.68. The van der Waals surface area contributed by atoms with Gasteiger partial charge >= 0.3 is 0 Å². The number of carbonyl (C=O) groups excluding carboxylic acids is 1. The van der Waals surface area contributed by atoms with Crippen molar-refractivity contribution in [3.8, 4) is 0 Å². The standard InChI is InChI=1S/C16H29N3O/c17-11-13-5-1-2-7-15(13)16(20)19-10-9-18-8-4-3-6-14(18)12-19/h13-15H,1-12,17H2. The van der Waals surface area contributed by atoms with Crippen molar-refractivity contribution in [2.75, 3.05) is 32.7 Å². The molecule has 3 aliphatic rings. The molecular weight excluding hydrogens is 250 g/mol. The minimum atomic E-state index is 0.212. The Morgan fingerprint density at radius 1 is 1.00 bits per heavy atom. The zero-order valence-electron chi connectivity index (χ0n) is 12.6. The van der Waals surface area contributed by atoms with Crippen LogP contribution in [-0.4, -0.2) is 54.5 Å². The first kappa shape index (κ1) is 14.3. The Balaban J connectivity index is 1.61. The third kappa shape index (κ3) is 2.86. The largest absolute Gasteiger partial charge is 0.340 e. The molecule has 0 bridgehead atoms. The first-order valence-electron chi connectivity index (χ1n) is 8.52. The van der Waals surface area contributed by atoms with Gasteiger partial charge in [0.05, 0.1) is 0 Å². The first-order valence-corrected chi connectivity index (χ1v) is 8.52. The number of hydrogen-bond acceptors (Lipinski definition) is 3. The zero-order chi connectivity index (χ0) is 13.9. The van der Waals surface area contributed by atoms with Crippen LogP contribution in [0.4, 0.5) is 0 Å². The van der Waals surface area contributed by atoms with E-state index in [4.69, 9.17) is 5.73 Å². The number of piperidine rings is 1. The fourth-order valence-corrected chi connectivity index (χ4v) is 4.41. The fourth-order valence-electron chi connectivity index (χ4n) is 4.41. The molecule has 3 fully saturated rings. The van der Waals surface area contributed by atoms with E-state index in [0.717, 1.165) is 32.5 Å². The highest BCUT2D eigenvalue weighted by atomic mass is 16.2. The average molecular weight is 279 g/mol. The quantitative estimate of drug-likeness (QED) is 0.832. The van der Waals surface area contributed by atoms with Gasteiger partial charge in [0.1, 0.15) is 0 Å². The van der Waals surface area contributed by atoms with Crippen molar-refractivity contribution < 1.29 is 4.79 Å². The lowest BCUT2D eigenvalue weighted by Crippen LogP contribution is -2.57. The second-order valence-electron chi connectivity index (χ2n) is 6.86. The molecule has 1 saturated carbocycles. The summed E-state index contributed by atoms with van der Waals surface area (Å²) in [7, 11) is 0. The maximum absolute atomic E-state index is 12.8. The third-order valence-corrected chi connectivity index (χ3v) is 5.68. The Bertz CT molecular complexity index is 347. The zero-order valence-corrected chi connectivity index (χ0v) is 12.6. The van der Waals surface area contributed by atoms with Gasteiger partial charge in [-0.05, 0) is 44.7 Å². The minimum Gasteiger partial charge on any atom is -0.340 e. The van der Waals surface area contributed by atoms with Gasteiger partial charge in [-0.15, -0.1) is 0 Å². The summed E-state index contributed by atoms with van der Waals surface area (Å²) in [5, 5.41) is 0. The van der Waals surface area contributed by atoms with E-state index in [1.165, 1.54) is 38.6 Å². The van der Waals surface area contributed by atoms with Crippen molar-refractivity contribution in [2.45, 2.75) is 51.0 Å². The Morgan fingerprint density at radius 2 is 1.80 bits per heavy atom. The van der Waals surface area contributed by atoms with E-state index < -0.39 is 0 Å². The highest BCUT2D eigenvalue weighted by Gasteiger charge is 2.36. The Morgan fingerprint density at radius 3 is 2.65 bits per heavy atom. The van der Waals surface area contributed by atoms with Crippen LogP contribution >= 0.6 is 0 Å². The molecule has 1 aliphatic carbocycles. The summed E-state index contributed by atoms with van der Waals surface area (Å²) in [6.45, 7) is 4.90. The van der Waals surface area contributed by atoms with Gasteiger partial charge in [0.15, 0.2) is 0 Å². The summed E-state index contributed by atoms with van der Waals surface area (Å²) in [5.41, 5.74) is 5.89. The SMILES string of the molecule is NCC1CCCCC1C(=O)N1CCN2CCCCC2C1. The van der Waals surface area contributed by atoms with E-state index in [9.17, 15) is 4.79 Å². The van der Waals surface area contributed by atoms with Gasteiger partial charge in [-0.1, -0.05) is 19.3 Å². The molecule has 20 heavy (non-hydrogen) atoms. The van der Waals surface area contributed by atoms with Crippen molar-refractivity contribution >= 4 is 5.91 Å². The molecule has 2 N–H and O–H groups in total. The van der Waals surface area contributed by atoms with Crippen molar-refractivity contribution in [3.05, 3.63) is 0 Å². The Labute approximate surface area is 122 Å². The average Bonchev–Trinajstić information content (AvgIpc) is 2.53. The molecule has 1 amide bonds. The fraction of sp³-hybridized carbons (Fsp3) is 0.938. The normalized spacial score (nSPS) is 35.6. The molecule has 114 valence electrons. The van der Waals surface area contributed by atoms with Crippen LogP contribution < -0.4 is 5.73 Å². The van der Waals surface area contributed by atoms with Crippen molar-refractivity contribution in [2.24, 2.45) is 17.6 Å². The first-order chi connectivity index (χ1) is 9.79. The van der Waals surface area contributed by atoms with E-state index >= 15 is 0 Å². The summed E-state index contributed by atoms with van der Waals surface area (Å²) in [5.74, 6) is 1.05. The van der Waals surface area contributed by atoms with Crippen LogP contribution in [0.15, 0.2) is 0 Å². The van der Waals surface area contributed by atoms with Crippen molar-refractivity contribution in [3.63, 3.8) is 0 Å². The maximum atomic E-state index is 12.8. The molecule has 2 saturated heterocycles. The van der Waals surface area contributed by atoms with Crippen LogP contribution in [0, 0.1) is 11.8 Å². The molecule has 2 heterocycles. The smallest absolute Gasteiger partial charge is 0.226 e. The van der Waals surface area contributed by atoms with Gasteiger partial charge < -0.3 is 10.6 Å². The van der Waals surface area contributed by atoms with E-state index in [1.807, 2.05) is 0 Å². The van der Waals surface area contributed by atoms with Crippen LogP contribution in [0.1, 0.15) is 44.9 Å². The lowest BCUT2D eigenvalue weighted by Gasteiger charge is -2.45. The number of nitrogens with two attached hydrogens (primary N) is 1. The summed E-state index contributed by atoms with van der Waals surface area (Å²) in [6, 6.07) is 0.626. The Kier molecular flexibility index (Phi) is 4.61. The Hall–Kier alpha value is -0.610. The number of piperazine rings is 1. The number of carbonyl (C=O) groups is 1. The van der Waals surface area contributed by atoms with E-state index in [-0.39, 0.29) is 5.92 Å². The number of amides is 1. The molecule has 3 rings (SSSR count). The molecule has 4 heteroatoms. The number of fused-ring (bicyclic) bond motifs is 1. The van der Waals surface area contributed by atoms with Crippen molar-refractivity contribution in [1.82, 2.24) is 9.80 Å². The van der Waals surface area contributed by atoms with Gasteiger partial charge in [-0.2, -0.15) is 0 Å². The monoisotopic (exact) mass is 279 g/mol. The maximum Gasteiger partial charge on any atom is 0.226 e. The predicted molar refractivity (Wildman–Crippen MR) is 80.3 cm³/mol. The summed E-state index contributed by atoms with van der Waals surface area (Å²) >= 11 is 0. The molecule has 0 spiro atoms. The van der Waals surface area contributed by atoms with E-state index in [1.54, 1.807) is 0 Å². The van der Waals surface area contributed by atoms with Crippen LogP contribution in [0.5, 0.6) is 0 Å². The molecule has 0 aromatic rings. The second-order valence-corrected chi connectivity index (χ2v) is 6.86. The molecule has 2 aliphatic heterocycles. The molecular formula is C16H29N3O. The minimum absolute atomic E-state index is 0.212. The van der Waals surface area contributed by atoms with E-state index in [0.29, 0.717) is 24.4 Å². The van der Waals surface area contributed by atoms with Crippen LogP contribution in [0.2, 0.25) is 0 Å². The molecule has 4 nitrogen and oxygen atoms in total. The summed E-state index contributed by atoms with van der Waals surface area (Å²) in [6.07, 6.45) is 8.61. The van der Waals surface area contributed by atoms with Gasteiger partial charge in [0, 0.05) is 31.6 Å². The van der Waals surface area contributed by atoms with Crippen LogP contribution in [0.3, 0.4) is 0 Å². The topological polar surface area (TPSA) is 49.6 Å². The van der Waals surface area contributed by atoms with E-state index in [2.05, 4.69) is 9.80 Å². The lowest BCUT2D eigenvalue weighted by atomic mass is 9.78. The summed E-state index contributed by atoms with van der Waals surface area (Å²) < 4.78 is 0. The number of rotatable bonds is 2. The number of hydrogen-bond donors (Lipinski definition) is 1. The predicted octanol–water partition coefficient (Wildman–Crippen LogP) is 1.45. The molecule has 3 atom stereocenters. The summed E-state index contributed by atoms with van der Waals surface area (Å²) in [4.78, 5) is 17.6. The molecule has 3 unspecified atom stereocenters.